The highest BCUT2D eigenvalue weighted by atomic mass is 32.2. The van der Waals surface area contributed by atoms with Crippen molar-refractivity contribution in [3.63, 3.8) is 0 Å². The number of aromatic amines is 1. The number of H-pyrrole nitrogens is 1. The second-order valence-electron chi connectivity index (χ2n) is 5.34. The first-order chi connectivity index (χ1) is 9.32. The smallest absolute Gasteiger partial charge is 0.354 e. The van der Waals surface area contributed by atoms with Crippen molar-refractivity contribution in [3.05, 3.63) is 18.0 Å². The van der Waals surface area contributed by atoms with Gasteiger partial charge in [0.15, 0.2) is 0 Å². The average Bonchev–Trinajstić information content (AvgIpc) is 3.05. The van der Waals surface area contributed by atoms with Gasteiger partial charge in [0.25, 0.3) is 0 Å². The Bertz CT molecular complexity index is 610. The topological polar surface area (TPSA) is 105 Å². The Kier molecular flexibility index (Phi) is 3.90. The Balaban J connectivity index is 2.23. The number of esters is 1. The van der Waals surface area contributed by atoms with E-state index >= 15 is 0 Å². The number of nitrogens with zero attached hydrogens (tertiary/aromatic N) is 1. The van der Waals surface area contributed by atoms with Crippen molar-refractivity contribution in [3.8, 4) is 0 Å². The molecule has 8 heteroatoms. The molecule has 1 unspecified atom stereocenters. The molecule has 1 aliphatic rings. The van der Waals surface area contributed by atoms with E-state index in [-0.39, 0.29) is 16.0 Å². The molecule has 1 aromatic heterocycles. The van der Waals surface area contributed by atoms with Crippen LogP contribution in [0.15, 0.2) is 17.2 Å². The van der Waals surface area contributed by atoms with Crippen molar-refractivity contribution in [2.45, 2.75) is 18.2 Å². The molecule has 0 aromatic carbocycles. The van der Waals surface area contributed by atoms with Crippen molar-refractivity contribution < 1.29 is 17.9 Å². The van der Waals surface area contributed by atoms with Gasteiger partial charge < -0.3 is 15.5 Å². The number of hydrogen-bond acceptors (Lipinski definition) is 5. The van der Waals surface area contributed by atoms with Gasteiger partial charge in [0.2, 0.25) is 10.0 Å². The Labute approximate surface area is 118 Å². The molecule has 1 aromatic rings. The number of ether oxygens (including phenoxy) is 1. The van der Waals surface area contributed by atoms with E-state index in [1.165, 1.54) is 23.7 Å². The number of nitrogens with one attached hydrogen (secondary N) is 1. The zero-order valence-corrected chi connectivity index (χ0v) is 12.4. The van der Waals surface area contributed by atoms with Gasteiger partial charge in [-0.25, -0.2) is 13.2 Å². The number of carbonyl (C=O) groups is 1. The van der Waals surface area contributed by atoms with Crippen LogP contribution in [0.2, 0.25) is 0 Å². The lowest BCUT2D eigenvalue weighted by atomic mass is 9.90. The highest BCUT2D eigenvalue weighted by Crippen LogP contribution is 2.32. The minimum atomic E-state index is -3.60. The SMILES string of the molecule is COC(=O)c1cc(S(=O)(=O)N2CCC(C)(CN)C2)c[nH]1. The van der Waals surface area contributed by atoms with Crippen LogP contribution in [0.4, 0.5) is 0 Å². The van der Waals surface area contributed by atoms with Crippen LogP contribution in [0.1, 0.15) is 23.8 Å². The Morgan fingerprint density at radius 3 is 2.85 bits per heavy atom. The molecule has 1 fully saturated rings. The molecule has 0 radical (unpaired) electrons. The number of nitrogens with two attached hydrogens (primary N) is 1. The lowest BCUT2D eigenvalue weighted by molar-refractivity contribution is 0.0595. The van der Waals surface area contributed by atoms with Gasteiger partial charge >= 0.3 is 5.97 Å². The third-order valence-corrected chi connectivity index (χ3v) is 5.54. The Morgan fingerprint density at radius 2 is 2.30 bits per heavy atom. The monoisotopic (exact) mass is 301 g/mol. The second kappa shape index (κ2) is 5.19. The molecule has 0 aliphatic carbocycles. The Morgan fingerprint density at radius 1 is 1.60 bits per heavy atom. The minimum absolute atomic E-state index is 0.0687. The molecule has 112 valence electrons. The number of methoxy groups -OCH3 is 1. The fourth-order valence-electron chi connectivity index (χ4n) is 2.25. The normalized spacial score (nSPS) is 23.9. The molecule has 2 rings (SSSR count). The lowest BCUT2D eigenvalue weighted by Crippen LogP contribution is -2.34. The molecular weight excluding hydrogens is 282 g/mol. The van der Waals surface area contributed by atoms with E-state index in [2.05, 4.69) is 9.72 Å². The summed E-state index contributed by atoms with van der Waals surface area (Å²) in [6, 6.07) is 1.29. The van der Waals surface area contributed by atoms with Gasteiger partial charge in [-0.1, -0.05) is 6.92 Å². The second-order valence-corrected chi connectivity index (χ2v) is 7.28. The quantitative estimate of drug-likeness (QED) is 0.771. The van der Waals surface area contributed by atoms with Crippen molar-refractivity contribution in [2.24, 2.45) is 11.1 Å². The number of hydrogen-bond donors (Lipinski definition) is 2. The number of sulfonamides is 1. The largest absolute Gasteiger partial charge is 0.464 e. The fraction of sp³-hybridized carbons (Fsp3) is 0.583. The number of carbonyl (C=O) groups excluding carboxylic acids is 1. The van der Waals surface area contributed by atoms with Crippen molar-refractivity contribution in [2.75, 3.05) is 26.7 Å². The van der Waals surface area contributed by atoms with Crippen molar-refractivity contribution in [1.82, 2.24) is 9.29 Å². The molecule has 1 saturated heterocycles. The van der Waals surface area contributed by atoms with Crippen LogP contribution >= 0.6 is 0 Å². The van der Waals surface area contributed by atoms with Crippen LogP contribution in [-0.4, -0.2) is 50.4 Å². The van der Waals surface area contributed by atoms with Crippen LogP contribution in [-0.2, 0) is 14.8 Å². The molecule has 1 aliphatic heterocycles. The molecule has 0 spiro atoms. The van der Waals surface area contributed by atoms with Crippen LogP contribution in [0.5, 0.6) is 0 Å². The van der Waals surface area contributed by atoms with Crippen LogP contribution in [0.3, 0.4) is 0 Å². The van der Waals surface area contributed by atoms with E-state index in [1.807, 2.05) is 6.92 Å². The fourth-order valence-corrected chi connectivity index (χ4v) is 3.84. The van der Waals surface area contributed by atoms with Crippen molar-refractivity contribution in [1.29, 1.82) is 0 Å². The van der Waals surface area contributed by atoms with Gasteiger partial charge in [-0.3, -0.25) is 0 Å². The highest BCUT2D eigenvalue weighted by Gasteiger charge is 2.39. The standard InChI is InChI=1S/C12H19N3O4S/c1-12(7-13)3-4-15(8-12)20(17,18)9-5-10(14-6-9)11(16)19-2/h5-6,14H,3-4,7-8,13H2,1-2H3. The third-order valence-electron chi connectivity index (χ3n) is 3.72. The van der Waals surface area contributed by atoms with Crippen molar-refractivity contribution >= 4 is 16.0 Å². The molecule has 0 amide bonds. The van der Waals surface area contributed by atoms with E-state index in [0.29, 0.717) is 19.6 Å². The molecule has 2 heterocycles. The first-order valence-electron chi connectivity index (χ1n) is 6.29. The molecular formula is C12H19N3O4S. The summed E-state index contributed by atoms with van der Waals surface area (Å²) in [6.07, 6.45) is 2.04. The summed E-state index contributed by atoms with van der Waals surface area (Å²) >= 11 is 0. The van der Waals surface area contributed by atoms with Gasteiger partial charge in [0, 0.05) is 19.3 Å². The first-order valence-corrected chi connectivity index (χ1v) is 7.73. The molecule has 0 saturated carbocycles. The minimum Gasteiger partial charge on any atom is -0.464 e. The van der Waals surface area contributed by atoms with E-state index in [1.54, 1.807) is 0 Å². The molecule has 3 N–H and O–H groups in total. The zero-order chi connectivity index (χ0) is 15.0. The van der Waals surface area contributed by atoms with Gasteiger partial charge in [-0.05, 0) is 24.4 Å². The Hall–Kier alpha value is -1.38. The van der Waals surface area contributed by atoms with E-state index in [4.69, 9.17) is 5.73 Å². The maximum Gasteiger partial charge on any atom is 0.354 e. The average molecular weight is 301 g/mol. The summed E-state index contributed by atoms with van der Waals surface area (Å²) in [4.78, 5) is 14.0. The summed E-state index contributed by atoms with van der Waals surface area (Å²) in [7, 11) is -2.36. The zero-order valence-electron chi connectivity index (χ0n) is 11.5. The van der Waals surface area contributed by atoms with Crippen LogP contribution < -0.4 is 5.73 Å². The van der Waals surface area contributed by atoms with Gasteiger partial charge in [0.1, 0.15) is 10.6 Å². The predicted octanol–water partition coefficient (Wildman–Crippen LogP) is 0.161. The van der Waals surface area contributed by atoms with Gasteiger partial charge in [0.05, 0.1) is 7.11 Å². The number of aromatic nitrogens is 1. The van der Waals surface area contributed by atoms with Gasteiger partial charge in [-0.15, -0.1) is 0 Å². The van der Waals surface area contributed by atoms with E-state index in [0.717, 1.165) is 6.42 Å². The molecule has 0 bridgehead atoms. The summed E-state index contributed by atoms with van der Waals surface area (Å²) in [5.74, 6) is -0.598. The lowest BCUT2D eigenvalue weighted by Gasteiger charge is -2.22. The first kappa shape index (κ1) is 15.0. The molecule has 7 nitrogen and oxygen atoms in total. The molecule has 20 heavy (non-hydrogen) atoms. The highest BCUT2D eigenvalue weighted by molar-refractivity contribution is 7.89. The third kappa shape index (κ3) is 2.58. The van der Waals surface area contributed by atoms with E-state index < -0.39 is 16.0 Å². The van der Waals surface area contributed by atoms with Crippen LogP contribution in [0.25, 0.3) is 0 Å². The predicted molar refractivity (Wildman–Crippen MR) is 72.7 cm³/mol. The van der Waals surface area contributed by atoms with Crippen LogP contribution in [0, 0.1) is 5.41 Å². The summed E-state index contributed by atoms with van der Waals surface area (Å²) < 4.78 is 30.9. The summed E-state index contributed by atoms with van der Waals surface area (Å²) in [5, 5.41) is 0. The van der Waals surface area contributed by atoms with E-state index in [9.17, 15) is 13.2 Å². The summed E-state index contributed by atoms with van der Waals surface area (Å²) in [6.45, 7) is 3.25. The molecule has 1 atom stereocenters. The maximum absolute atomic E-state index is 12.5. The van der Waals surface area contributed by atoms with Gasteiger partial charge in [-0.2, -0.15) is 4.31 Å². The maximum atomic E-state index is 12.5. The number of rotatable bonds is 4. The summed E-state index contributed by atoms with van der Waals surface area (Å²) in [5.41, 5.74) is 5.62.